The predicted molar refractivity (Wildman–Crippen MR) is 246 cm³/mol. The lowest BCUT2D eigenvalue weighted by atomic mass is 9.77. The molecule has 66 heavy (non-hydrogen) atoms. The van der Waals surface area contributed by atoms with Crippen LogP contribution >= 0.6 is 0 Å². The predicted octanol–water partition coefficient (Wildman–Crippen LogP) is 9.75. The number of nitrogens with one attached hydrogen (secondary N) is 1. The van der Waals surface area contributed by atoms with Crippen molar-refractivity contribution in [1.82, 2.24) is 19.5 Å². The molecule has 3 heterocycles. The molecule has 0 saturated carbocycles. The van der Waals surface area contributed by atoms with Crippen molar-refractivity contribution in [3.05, 3.63) is 216 Å². The molecule has 12 nitrogen and oxygen atoms in total. The Morgan fingerprint density at radius 1 is 0.758 bits per heavy atom. The second-order valence-electron chi connectivity index (χ2n) is 15.6. The van der Waals surface area contributed by atoms with Gasteiger partial charge in [0.05, 0.1) is 20.5 Å². The zero-order valence-corrected chi connectivity index (χ0v) is 36.0. The number of fused-ring (bicyclic) bond motifs is 1. The fourth-order valence-corrected chi connectivity index (χ4v) is 8.91. The van der Waals surface area contributed by atoms with Gasteiger partial charge in [-0.1, -0.05) is 152 Å². The molecule has 0 aliphatic carbocycles. The number of carbonyl (C=O) groups is 1. The molecule has 3 atom stereocenters. The number of imidazole rings is 1. The summed E-state index contributed by atoms with van der Waals surface area (Å²) in [6.45, 7) is -0.594. The van der Waals surface area contributed by atoms with E-state index < -0.39 is 47.9 Å². The van der Waals surface area contributed by atoms with Gasteiger partial charge in [0.15, 0.2) is 22.6 Å². The summed E-state index contributed by atoms with van der Waals surface area (Å²) in [4.78, 5) is 25.4. The van der Waals surface area contributed by atoms with Gasteiger partial charge in [-0.25, -0.2) is 9.78 Å². The molecule has 1 aliphatic rings. The summed E-state index contributed by atoms with van der Waals surface area (Å²) in [5, 5.41) is 13.4. The minimum atomic E-state index is -1.81. The number of ether oxygens (including phenoxy) is 5. The van der Waals surface area contributed by atoms with E-state index in [1.54, 1.807) is 18.8 Å². The van der Waals surface area contributed by atoms with Crippen LogP contribution in [-0.2, 0) is 25.4 Å². The number of methoxy groups -OCH3 is 2. The Morgan fingerprint density at radius 3 is 1.71 bits per heavy atom. The molecule has 0 spiro atoms. The van der Waals surface area contributed by atoms with Crippen molar-refractivity contribution >= 4 is 23.1 Å². The molecule has 0 amide bonds. The SMILES string of the molecule is C#C[C@]1(COC(=O)O)O[C@@H](n2cnc3c(NC(c4ccccc4)(c4ccccc4)c4ccc(OC)cc4)nc(F)nc32)C[C@@H]1OC(c1ccccc1)(c1ccccc1)c1ccc(OC)cc1. The molecule has 330 valence electrons. The minimum Gasteiger partial charge on any atom is -0.497 e. The molecule has 1 fully saturated rings. The molecule has 0 unspecified atom stereocenters. The number of benzene rings is 6. The van der Waals surface area contributed by atoms with E-state index in [9.17, 15) is 9.90 Å². The van der Waals surface area contributed by atoms with Crippen LogP contribution in [0.15, 0.2) is 176 Å². The fraction of sp³-hybridized carbons (Fsp3) is 0.170. The van der Waals surface area contributed by atoms with Gasteiger partial charge in [0.2, 0.25) is 0 Å². The number of halogens is 1. The van der Waals surface area contributed by atoms with Gasteiger partial charge in [-0.2, -0.15) is 14.4 Å². The summed E-state index contributed by atoms with van der Waals surface area (Å²) >= 11 is 0. The number of carboxylic acid groups (broad SMARTS) is 1. The van der Waals surface area contributed by atoms with Crippen molar-refractivity contribution in [2.75, 3.05) is 26.1 Å². The van der Waals surface area contributed by atoms with E-state index in [-0.39, 0.29) is 23.4 Å². The third-order valence-electron chi connectivity index (χ3n) is 12.1. The number of nitrogens with zero attached hydrogens (tertiary/aromatic N) is 4. The van der Waals surface area contributed by atoms with Gasteiger partial charge >= 0.3 is 12.2 Å². The van der Waals surface area contributed by atoms with Gasteiger partial charge in [-0.05, 0) is 57.6 Å². The van der Waals surface area contributed by atoms with Crippen LogP contribution in [0.1, 0.15) is 46.0 Å². The molecule has 0 radical (unpaired) electrons. The molecule has 8 aromatic rings. The van der Waals surface area contributed by atoms with Crippen molar-refractivity contribution < 1.29 is 38.0 Å². The summed E-state index contributed by atoms with van der Waals surface area (Å²) in [6.07, 6.45) is 3.20. The van der Waals surface area contributed by atoms with Gasteiger partial charge in [-0.15, -0.1) is 6.42 Å². The van der Waals surface area contributed by atoms with Crippen LogP contribution in [0, 0.1) is 18.4 Å². The first-order valence-electron chi connectivity index (χ1n) is 21.1. The van der Waals surface area contributed by atoms with E-state index in [1.165, 1.54) is 6.33 Å². The molecule has 1 saturated heterocycles. The van der Waals surface area contributed by atoms with E-state index in [0.29, 0.717) is 11.5 Å². The maximum atomic E-state index is 16.2. The molecular weight excluding hydrogens is 838 g/mol. The molecule has 2 N–H and O–H groups in total. The highest BCUT2D eigenvalue weighted by Crippen LogP contribution is 2.49. The van der Waals surface area contributed by atoms with Gasteiger partial charge in [0, 0.05) is 6.42 Å². The smallest absolute Gasteiger partial charge is 0.497 e. The Balaban J connectivity index is 1.18. The third kappa shape index (κ3) is 7.82. The van der Waals surface area contributed by atoms with Gasteiger partial charge < -0.3 is 34.1 Å². The average Bonchev–Trinajstić information content (AvgIpc) is 3.96. The first kappa shape index (κ1) is 43.2. The van der Waals surface area contributed by atoms with E-state index in [4.69, 9.17) is 35.1 Å². The number of hydrogen-bond acceptors (Lipinski definition) is 10. The topological polar surface area (TPSA) is 139 Å². The quantitative estimate of drug-likeness (QED) is 0.0441. The normalized spacial score (nSPS) is 17.2. The molecular formula is C53H44FN5O7. The molecule has 6 aromatic carbocycles. The van der Waals surface area contributed by atoms with Crippen LogP contribution in [0.3, 0.4) is 0 Å². The molecule has 2 aromatic heterocycles. The maximum Gasteiger partial charge on any atom is 0.505 e. The molecule has 9 rings (SSSR count). The maximum absolute atomic E-state index is 16.2. The minimum absolute atomic E-state index is 0.0222. The number of anilines is 1. The van der Waals surface area contributed by atoms with Gasteiger partial charge in [-0.3, -0.25) is 4.57 Å². The van der Waals surface area contributed by atoms with Crippen LogP contribution in [-0.4, -0.2) is 63.3 Å². The Bertz CT molecular complexity index is 2890. The summed E-state index contributed by atoms with van der Waals surface area (Å²) in [6, 6.07) is 53.9. The number of hydrogen-bond donors (Lipinski definition) is 2. The van der Waals surface area contributed by atoms with Crippen molar-refractivity contribution in [2.24, 2.45) is 0 Å². The van der Waals surface area contributed by atoms with Crippen LogP contribution in [0.4, 0.5) is 15.0 Å². The Labute approximate surface area is 380 Å². The van der Waals surface area contributed by atoms with E-state index in [0.717, 1.165) is 33.4 Å². The Hall–Kier alpha value is -8.05. The van der Waals surface area contributed by atoms with Crippen LogP contribution in [0.25, 0.3) is 11.2 Å². The summed E-state index contributed by atoms with van der Waals surface area (Å²) in [5.41, 5.74) is 0.733. The van der Waals surface area contributed by atoms with E-state index in [1.807, 2.05) is 170 Å². The lowest BCUT2D eigenvalue weighted by Crippen LogP contribution is -2.49. The zero-order chi connectivity index (χ0) is 45.7. The third-order valence-corrected chi connectivity index (χ3v) is 12.1. The summed E-state index contributed by atoms with van der Waals surface area (Å²) in [5.74, 6) is 4.10. The first-order valence-corrected chi connectivity index (χ1v) is 21.1. The number of terminal acetylenes is 1. The van der Waals surface area contributed by atoms with Crippen molar-refractivity contribution in [3.63, 3.8) is 0 Å². The van der Waals surface area contributed by atoms with Crippen molar-refractivity contribution in [2.45, 2.75) is 35.5 Å². The van der Waals surface area contributed by atoms with Crippen LogP contribution in [0.2, 0.25) is 0 Å². The van der Waals surface area contributed by atoms with Gasteiger partial charge in [0.1, 0.15) is 41.6 Å². The zero-order valence-electron chi connectivity index (χ0n) is 36.0. The number of rotatable bonds is 15. The second kappa shape index (κ2) is 18.2. The Kier molecular flexibility index (Phi) is 11.9. The van der Waals surface area contributed by atoms with Crippen LogP contribution < -0.4 is 14.8 Å². The van der Waals surface area contributed by atoms with E-state index in [2.05, 4.69) is 21.2 Å². The fourth-order valence-electron chi connectivity index (χ4n) is 8.91. The standard InChI is InChI=1S/C53H44FN5O7/c1-4-51(34-64-50(60)61)44(65-53(39-21-13-7-14-22-39,40-23-15-8-16-24-40)41-27-31-43(63-3)32-28-41)33-45(66-51)59-35-55-46-47(56-49(54)57-48(46)59)58-52(36-17-9-5-10-18-36,37-19-11-6-12-20-37)38-25-29-42(62-2)30-26-38/h1,5-32,35,44-45H,33-34H2,2-3H3,(H,60,61)(H,56,57,58)/t44-,45+,51+/m0/s1. The average molecular weight is 882 g/mol. The first-order chi connectivity index (χ1) is 32.2. The highest BCUT2D eigenvalue weighted by molar-refractivity contribution is 5.84. The molecule has 13 heteroatoms. The summed E-state index contributed by atoms with van der Waals surface area (Å²) < 4.78 is 48.2. The highest BCUT2D eigenvalue weighted by atomic mass is 19.1. The molecule has 1 aliphatic heterocycles. The monoisotopic (exact) mass is 881 g/mol. The Morgan fingerprint density at radius 2 is 1.23 bits per heavy atom. The van der Waals surface area contributed by atoms with Crippen LogP contribution in [0.5, 0.6) is 11.5 Å². The lowest BCUT2D eigenvalue weighted by Gasteiger charge is -2.41. The second-order valence-corrected chi connectivity index (χ2v) is 15.6. The number of aromatic nitrogens is 4. The van der Waals surface area contributed by atoms with Gasteiger partial charge in [0.25, 0.3) is 0 Å². The van der Waals surface area contributed by atoms with Crippen molar-refractivity contribution in [1.29, 1.82) is 0 Å². The summed E-state index contributed by atoms with van der Waals surface area (Å²) in [7, 11) is 3.19. The van der Waals surface area contributed by atoms with E-state index >= 15 is 4.39 Å². The largest absolute Gasteiger partial charge is 0.505 e. The lowest BCUT2D eigenvalue weighted by molar-refractivity contribution is -0.136. The highest BCUT2D eigenvalue weighted by Gasteiger charge is 2.55. The van der Waals surface area contributed by atoms with Crippen molar-refractivity contribution in [3.8, 4) is 23.8 Å². The molecule has 0 bridgehead atoms.